The van der Waals surface area contributed by atoms with E-state index in [9.17, 15) is 18.4 Å². The number of hydrogen-bond acceptors (Lipinski definition) is 2. The van der Waals surface area contributed by atoms with Crippen molar-refractivity contribution in [3.05, 3.63) is 65.2 Å². The van der Waals surface area contributed by atoms with Crippen molar-refractivity contribution < 1.29 is 18.4 Å². The second-order valence-electron chi connectivity index (χ2n) is 5.05. The van der Waals surface area contributed by atoms with Crippen molar-refractivity contribution in [1.82, 2.24) is 5.32 Å². The first-order valence-corrected chi connectivity index (χ1v) is 7.05. The highest BCUT2D eigenvalue weighted by Crippen LogP contribution is 2.14. The van der Waals surface area contributed by atoms with Crippen LogP contribution >= 0.6 is 0 Å². The van der Waals surface area contributed by atoms with Crippen molar-refractivity contribution in [2.24, 2.45) is 0 Å². The van der Waals surface area contributed by atoms with E-state index in [2.05, 4.69) is 10.6 Å². The van der Waals surface area contributed by atoms with Gasteiger partial charge in [0.1, 0.15) is 11.6 Å². The second-order valence-corrected chi connectivity index (χ2v) is 5.05. The molecule has 0 unspecified atom stereocenters. The molecule has 0 aliphatic heterocycles. The van der Waals surface area contributed by atoms with Crippen molar-refractivity contribution in [2.75, 3.05) is 11.9 Å². The quantitative estimate of drug-likeness (QED) is 0.890. The fourth-order valence-electron chi connectivity index (χ4n) is 1.98. The van der Waals surface area contributed by atoms with E-state index in [1.165, 1.54) is 0 Å². The van der Waals surface area contributed by atoms with Gasteiger partial charge in [0.25, 0.3) is 5.91 Å². The monoisotopic (exact) mass is 318 g/mol. The first kappa shape index (κ1) is 16.6. The molecule has 6 heteroatoms. The van der Waals surface area contributed by atoms with Crippen LogP contribution in [0.2, 0.25) is 0 Å². The Morgan fingerprint density at radius 2 is 1.87 bits per heavy atom. The Morgan fingerprint density at radius 1 is 1.09 bits per heavy atom. The van der Waals surface area contributed by atoms with Crippen LogP contribution in [-0.4, -0.2) is 18.4 Å². The van der Waals surface area contributed by atoms with Gasteiger partial charge in [-0.3, -0.25) is 9.59 Å². The van der Waals surface area contributed by atoms with Gasteiger partial charge in [-0.2, -0.15) is 0 Å². The SMILES string of the molecule is Cc1cccc(C(=O)NCCC(=O)Nc2ccc(F)cc2F)c1. The second kappa shape index (κ2) is 7.49. The van der Waals surface area contributed by atoms with Crippen molar-refractivity contribution in [2.45, 2.75) is 13.3 Å². The first-order valence-electron chi connectivity index (χ1n) is 7.05. The topological polar surface area (TPSA) is 58.2 Å². The summed E-state index contributed by atoms with van der Waals surface area (Å²) in [5.74, 6) is -2.32. The van der Waals surface area contributed by atoms with Crippen molar-refractivity contribution >= 4 is 17.5 Å². The van der Waals surface area contributed by atoms with Gasteiger partial charge in [-0.25, -0.2) is 8.78 Å². The summed E-state index contributed by atoms with van der Waals surface area (Å²) in [6.45, 7) is 1.99. The average Bonchev–Trinajstić information content (AvgIpc) is 2.50. The summed E-state index contributed by atoms with van der Waals surface area (Å²) in [7, 11) is 0. The summed E-state index contributed by atoms with van der Waals surface area (Å²) in [6, 6.07) is 9.95. The Morgan fingerprint density at radius 3 is 2.57 bits per heavy atom. The molecule has 23 heavy (non-hydrogen) atoms. The standard InChI is InChI=1S/C17H16F2N2O2/c1-11-3-2-4-12(9-11)17(23)20-8-7-16(22)21-15-6-5-13(18)10-14(15)19/h2-6,9-10H,7-8H2,1H3,(H,20,23)(H,21,22). The van der Waals surface area contributed by atoms with Gasteiger partial charge in [0, 0.05) is 24.6 Å². The zero-order valence-corrected chi connectivity index (χ0v) is 12.5. The third kappa shape index (κ3) is 4.88. The number of hydrogen-bond donors (Lipinski definition) is 2. The molecular weight excluding hydrogens is 302 g/mol. The van der Waals surface area contributed by atoms with Crippen LogP contribution in [0.15, 0.2) is 42.5 Å². The largest absolute Gasteiger partial charge is 0.352 e. The van der Waals surface area contributed by atoms with Gasteiger partial charge in [0.2, 0.25) is 5.91 Å². The molecule has 0 atom stereocenters. The molecule has 0 aliphatic rings. The molecule has 0 radical (unpaired) electrons. The summed E-state index contributed by atoms with van der Waals surface area (Å²) in [5, 5.41) is 4.94. The molecule has 120 valence electrons. The smallest absolute Gasteiger partial charge is 0.251 e. The fourth-order valence-corrected chi connectivity index (χ4v) is 1.98. The van der Waals surface area contributed by atoms with Crippen molar-refractivity contribution in [1.29, 1.82) is 0 Å². The lowest BCUT2D eigenvalue weighted by atomic mass is 10.1. The van der Waals surface area contributed by atoms with E-state index >= 15 is 0 Å². The van der Waals surface area contributed by atoms with Crippen LogP contribution in [0.1, 0.15) is 22.3 Å². The highest BCUT2D eigenvalue weighted by atomic mass is 19.1. The number of nitrogens with one attached hydrogen (secondary N) is 2. The minimum Gasteiger partial charge on any atom is -0.352 e. The number of benzene rings is 2. The Hall–Kier alpha value is -2.76. The van der Waals surface area contributed by atoms with Crippen LogP contribution in [0.5, 0.6) is 0 Å². The van der Waals surface area contributed by atoms with Gasteiger partial charge < -0.3 is 10.6 Å². The predicted molar refractivity (Wildman–Crippen MR) is 83.1 cm³/mol. The van der Waals surface area contributed by atoms with Crippen LogP contribution in [0.25, 0.3) is 0 Å². The van der Waals surface area contributed by atoms with E-state index in [0.29, 0.717) is 11.6 Å². The van der Waals surface area contributed by atoms with Crippen LogP contribution in [0, 0.1) is 18.6 Å². The maximum Gasteiger partial charge on any atom is 0.251 e. The minimum absolute atomic E-state index is 0.0195. The molecule has 2 rings (SSSR count). The molecule has 0 saturated carbocycles. The molecule has 0 heterocycles. The lowest BCUT2D eigenvalue weighted by Gasteiger charge is -2.08. The zero-order valence-electron chi connectivity index (χ0n) is 12.5. The Bertz CT molecular complexity index is 732. The molecule has 0 bridgehead atoms. The Labute approximate surface area is 132 Å². The summed E-state index contributed by atoms with van der Waals surface area (Å²) in [4.78, 5) is 23.6. The van der Waals surface area contributed by atoms with E-state index in [0.717, 1.165) is 17.7 Å². The maximum absolute atomic E-state index is 13.4. The number of anilines is 1. The molecule has 4 nitrogen and oxygen atoms in total. The number of carbonyl (C=O) groups excluding carboxylic acids is 2. The average molecular weight is 318 g/mol. The lowest BCUT2D eigenvalue weighted by molar-refractivity contribution is -0.116. The first-order chi connectivity index (χ1) is 11.0. The third-order valence-electron chi connectivity index (χ3n) is 3.12. The number of amides is 2. The van der Waals surface area contributed by atoms with Crippen LogP contribution in [0.4, 0.5) is 14.5 Å². The summed E-state index contributed by atoms with van der Waals surface area (Å²) in [6.07, 6.45) is -0.0195. The molecule has 2 amide bonds. The summed E-state index contributed by atoms with van der Waals surface area (Å²) in [5.41, 5.74) is 1.37. The van der Waals surface area contributed by atoms with Crippen LogP contribution in [0.3, 0.4) is 0 Å². The maximum atomic E-state index is 13.4. The number of aryl methyl sites for hydroxylation is 1. The molecule has 0 aromatic heterocycles. The molecule has 0 aliphatic carbocycles. The Kier molecular flexibility index (Phi) is 5.41. The van der Waals surface area contributed by atoms with Crippen molar-refractivity contribution in [3.8, 4) is 0 Å². The highest BCUT2D eigenvalue weighted by molar-refractivity contribution is 5.95. The highest BCUT2D eigenvalue weighted by Gasteiger charge is 2.09. The predicted octanol–water partition coefficient (Wildman–Crippen LogP) is 3.03. The van der Waals surface area contributed by atoms with Gasteiger partial charge in [-0.15, -0.1) is 0 Å². The van der Waals surface area contributed by atoms with Gasteiger partial charge >= 0.3 is 0 Å². The molecule has 0 spiro atoms. The molecule has 0 saturated heterocycles. The summed E-state index contributed by atoms with van der Waals surface area (Å²) < 4.78 is 26.2. The minimum atomic E-state index is -0.845. The zero-order chi connectivity index (χ0) is 16.8. The number of rotatable bonds is 5. The number of halogens is 2. The normalized spacial score (nSPS) is 10.2. The van der Waals surface area contributed by atoms with E-state index in [-0.39, 0.29) is 24.6 Å². The lowest BCUT2D eigenvalue weighted by Crippen LogP contribution is -2.27. The van der Waals surface area contributed by atoms with Crippen molar-refractivity contribution in [3.63, 3.8) is 0 Å². The molecule has 0 fully saturated rings. The number of carbonyl (C=O) groups is 2. The summed E-state index contributed by atoms with van der Waals surface area (Å²) >= 11 is 0. The van der Waals surface area contributed by atoms with E-state index in [1.54, 1.807) is 18.2 Å². The molecular formula is C17H16F2N2O2. The van der Waals surface area contributed by atoms with Crippen LogP contribution in [-0.2, 0) is 4.79 Å². The van der Waals surface area contributed by atoms with E-state index in [1.807, 2.05) is 13.0 Å². The van der Waals surface area contributed by atoms with Gasteiger partial charge in [0.15, 0.2) is 0 Å². The van der Waals surface area contributed by atoms with Gasteiger partial charge in [-0.1, -0.05) is 17.7 Å². The van der Waals surface area contributed by atoms with Gasteiger partial charge in [-0.05, 0) is 31.2 Å². The molecule has 2 N–H and O–H groups in total. The van der Waals surface area contributed by atoms with E-state index in [4.69, 9.17) is 0 Å². The Balaban J connectivity index is 1.81. The van der Waals surface area contributed by atoms with Crippen LogP contribution < -0.4 is 10.6 Å². The fraction of sp³-hybridized carbons (Fsp3) is 0.176. The molecule has 2 aromatic carbocycles. The van der Waals surface area contributed by atoms with Gasteiger partial charge in [0.05, 0.1) is 5.69 Å². The third-order valence-corrected chi connectivity index (χ3v) is 3.12. The van der Waals surface area contributed by atoms with E-state index < -0.39 is 17.5 Å². The molecule has 2 aromatic rings.